The van der Waals surface area contributed by atoms with Gasteiger partial charge < -0.3 is 24.8 Å². The standard InChI is InChI=1S/C12H18O7/c1-5-3-11(15)4-18-12(16)8(11)6(5)7(9(13)17-2)10(14)19-12/h5-8,10,14-16H,3-4H2,1-2H3/t5?,6-,7?,8+,10?,11?,12-/m1/s1. The second-order valence-corrected chi connectivity index (χ2v) is 5.82. The average Bonchev–Trinajstić information content (AvgIpc) is 2.73. The van der Waals surface area contributed by atoms with Gasteiger partial charge in [-0.25, -0.2) is 0 Å². The number of esters is 1. The molecule has 2 heterocycles. The molecule has 0 spiro atoms. The first-order valence-corrected chi connectivity index (χ1v) is 6.35. The Labute approximate surface area is 110 Å². The van der Waals surface area contributed by atoms with Crippen molar-refractivity contribution in [2.75, 3.05) is 13.7 Å². The fourth-order valence-corrected chi connectivity index (χ4v) is 4.07. The van der Waals surface area contributed by atoms with E-state index in [1.54, 1.807) is 0 Å². The van der Waals surface area contributed by atoms with E-state index < -0.39 is 41.6 Å². The lowest BCUT2D eigenvalue weighted by atomic mass is 9.74. The zero-order chi connectivity index (χ0) is 14.0. The Hall–Kier alpha value is -0.730. The predicted octanol–water partition coefficient (Wildman–Crippen LogP) is -1.20. The predicted molar refractivity (Wildman–Crippen MR) is 59.2 cm³/mol. The van der Waals surface area contributed by atoms with Crippen LogP contribution in [0.15, 0.2) is 0 Å². The molecular formula is C12H18O7. The van der Waals surface area contributed by atoms with E-state index in [2.05, 4.69) is 0 Å². The van der Waals surface area contributed by atoms with Crippen molar-refractivity contribution in [3.8, 4) is 0 Å². The normalized spacial score (nSPS) is 55.9. The Balaban J connectivity index is 2.03. The Kier molecular flexibility index (Phi) is 2.72. The van der Waals surface area contributed by atoms with Gasteiger partial charge in [0.2, 0.25) is 0 Å². The Morgan fingerprint density at radius 2 is 2.11 bits per heavy atom. The number of methoxy groups -OCH3 is 1. The fourth-order valence-electron chi connectivity index (χ4n) is 4.07. The number of aliphatic hydroxyl groups is 3. The molecule has 1 aliphatic carbocycles. The smallest absolute Gasteiger partial charge is 0.314 e. The molecular weight excluding hydrogens is 256 g/mol. The SMILES string of the molecule is COC(=O)C1C(O)O[C@]2(O)OCC3(O)CC(C)[C@H]1[C@@H]32. The second kappa shape index (κ2) is 3.89. The summed E-state index contributed by atoms with van der Waals surface area (Å²) >= 11 is 0. The monoisotopic (exact) mass is 274 g/mol. The molecule has 4 unspecified atom stereocenters. The number of aliphatic hydroxyl groups excluding tert-OH is 1. The Bertz CT molecular complexity index is 413. The van der Waals surface area contributed by atoms with E-state index in [1.807, 2.05) is 6.92 Å². The molecule has 3 N–H and O–H groups in total. The number of hydrogen-bond donors (Lipinski definition) is 3. The molecule has 0 radical (unpaired) electrons. The van der Waals surface area contributed by atoms with Crippen LogP contribution in [0.1, 0.15) is 13.3 Å². The van der Waals surface area contributed by atoms with E-state index in [9.17, 15) is 20.1 Å². The highest BCUT2D eigenvalue weighted by Crippen LogP contribution is 2.60. The van der Waals surface area contributed by atoms with Crippen LogP contribution in [0.2, 0.25) is 0 Å². The highest BCUT2D eigenvalue weighted by atomic mass is 16.9. The molecule has 0 aromatic heterocycles. The first-order valence-electron chi connectivity index (χ1n) is 6.35. The van der Waals surface area contributed by atoms with E-state index in [0.717, 1.165) is 0 Å². The molecule has 0 amide bonds. The highest BCUT2D eigenvalue weighted by Gasteiger charge is 2.72. The molecule has 3 fully saturated rings. The van der Waals surface area contributed by atoms with Crippen molar-refractivity contribution in [3.63, 3.8) is 0 Å². The van der Waals surface area contributed by atoms with Crippen molar-refractivity contribution in [2.45, 2.75) is 31.2 Å². The summed E-state index contributed by atoms with van der Waals surface area (Å²) in [5, 5.41) is 30.8. The lowest BCUT2D eigenvalue weighted by molar-refractivity contribution is -0.433. The van der Waals surface area contributed by atoms with Gasteiger partial charge in [0.1, 0.15) is 5.92 Å². The lowest BCUT2D eigenvalue weighted by Crippen LogP contribution is -2.58. The summed E-state index contributed by atoms with van der Waals surface area (Å²) in [5.74, 6) is -4.85. The van der Waals surface area contributed by atoms with Crippen molar-refractivity contribution in [1.29, 1.82) is 0 Å². The van der Waals surface area contributed by atoms with Gasteiger partial charge in [-0.1, -0.05) is 6.92 Å². The summed E-state index contributed by atoms with van der Waals surface area (Å²) in [5.41, 5.74) is -1.23. The van der Waals surface area contributed by atoms with Crippen LogP contribution in [-0.2, 0) is 19.0 Å². The minimum Gasteiger partial charge on any atom is -0.469 e. The third-order valence-electron chi connectivity index (χ3n) is 4.70. The van der Waals surface area contributed by atoms with Crippen molar-refractivity contribution >= 4 is 5.97 Å². The minimum absolute atomic E-state index is 0.0620. The molecule has 2 saturated heterocycles. The van der Waals surface area contributed by atoms with Crippen molar-refractivity contribution in [1.82, 2.24) is 0 Å². The van der Waals surface area contributed by atoms with E-state index in [4.69, 9.17) is 14.2 Å². The van der Waals surface area contributed by atoms with Gasteiger partial charge in [-0.15, -0.1) is 0 Å². The van der Waals surface area contributed by atoms with Gasteiger partial charge >= 0.3 is 5.97 Å². The molecule has 3 rings (SSSR count). The first kappa shape index (κ1) is 13.3. The van der Waals surface area contributed by atoms with Crippen LogP contribution in [0.25, 0.3) is 0 Å². The second-order valence-electron chi connectivity index (χ2n) is 5.82. The maximum atomic E-state index is 11.8. The van der Waals surface area contributed by atoms with Gasteiger partial charge in [0.05, 0.1) is 25.2 Å². The highest BCUT2D eigenvalue weighted by molar-refractivity contribution is 5.73. The quantitative estimate of drug-likeness (QED) is 0.516. The number of rotatable bonds is 1. The zero-order valence-corrected chi connectivity index (χ0v) is 10.8. The number of carbonyl (C=O) groups is 1. The van der Waals surface area contributed by atoms with Gasteiger partial charge in [0.15, 0.2) is 6.29 Å². The van der Waals surface area contributed by atoms with Crippen molar-refractivity contribution in [2.24, 2.45) is 23.7 Å². The van der Waals surface area contributed by atoms with Crippen LogP contribution in [0, 0.1) is 23.7 Å². The summed E-state index contributed by atoms with van der Waals surface area (Å²) < 4.78 is 14.9. The van der Waals surface area contributed by atoms with E-state index in [0.29, 0.717) is 6.42 Å². The van der Waals surface area contributed by atoms with Crippen LogP contribution in [-0.4, -0.2) is 52.9 Å². The summed E-state index contributed by atoms with van der Waals surface area (Å²) in [6, 6.07) is 0. The van der Waals surface area contributed by atoms with Gasteiger partial charge in [0.25, 0.3) is 5.97 Å². The number of carbonyl (C=O) groups excluding carboxylic acids is 1. The molecule has 0 aromatic rings. The Morgan fingerprint density at radius 1 is 1.42 bits per heavy atom. The molecule has 7 heteroatoms. The molecule has 7 nitrogen and oxygen atoms in total. The number of hydrogen-bond acceptors (Lipinski definition) is 7. The van der Waals surface area contributed by atoms with Gasteiger partial charge in [0, 0.05) is 0 Å². The molecule has 1 saturated carbocycles. The van der Waals surface area contributed by atoms with E-state index in [-0.39, 0.29) is 12.5 Å². The van der Waals surface area contributed by atoms with Crippen LogP contribution in [0.4, 0.5) is 0 Å². The minimum atomic E-state index is -2.03. The van der Waals surface area contributed by atoms with Crippen LogP contribution in [0.5, 0.6) is 0 Å². The maximum absolute atomic E-state index is 11.8. The van der Waals surface area contributed by atoms with Crippen LogP contribution in [0.3, 0.4) is 0 Å². The molecule has 19 heavy (non-hydrogen) atoms. The molecule has 2 aliphatic heterocycles. The van der Waals surface area contributed by atoms with Crippen LogP contribution < -0.4 is 0 Å². The molecule has 108 valence electrons. The molecule has 0 bridgehead atoms. The van der Waals surface area contributed by atoms with Gasteiger partial charge in [-0.2, -0.15) is 0 Å². The average molecular weight is 274 g/mol. The van der Waals surface area contributed by atoms with Crippen LogP contribution >= 0.6 is 0 Å². The van der Waals surface area contributed by atoms with Gasteiger partial charge in [-0.05, 0) is 18.3 Å². The van der Waals surface area contributed by atoms with E-state index >= 15 is 0 Å². The summed E-state index contributed by atoms with van der Waals surface area (Å²) in [6.07, 6.45) is -1.13. The third-order valence-corrected chi connectivity index (χ3v) is 4.70. The van der Waals surface area contributed by atoms with E-state index in [1.165, 1.54) is 7.11 Å². The summed E-state index contributed by atoms with van der Waals surface area (Å²) in [7, 11) is 1.23. The maximum Gasteiger partial charge on any atom is 0.314 e. The molecule has 0 aromatic carbocycles. The zero-order valence-electron chi connectivity index (χ0n) is 10.8. The topological polar surface area (TPSA) is 105 Å². The fraction of sp³-hybridized carbons (Fsp3) is 0.917. The lowest BCUT2D eigenvalue weighted by Gasteiger charge is -2.44. The first-order chi connectivity index (χ1) is 8.82. The third kappa shape index (κ3) is 1.59. The summed E-state index contributed by atoms with van der Waals surface area (Å²) in [4.78, 5) is 11.8. The van der Waals surface area contributed by atoms with Crippen molar-refractivity contribution < 1.29 is 34.3 Å². The Morgan fingerprint density at radius 3 is 2.74 bits per heavy atom. The summed E-state index contributed by atoms with van der Waals surface area (Å²) in [6.45, 7) is 1.80. The molecule has 3 aliphatic rings. The largest absolute Gasteiger partial charge is 0.469 e. The number of ether oxygens (including phenoxy) is 3. The van der Waals surface area contributed by atoms with Crippen molar-refractivity contribution in [3.05, 3.63) is 0 Å². The molecule has 7 atom stereocenters. The van der Waals surface area contributed by atoms with Gasteiger partial charge in [-0.3, -0.25) is 9.53 Å².